The molecular weight excluding hydrogens is 281 g/mol. The molecule has 0 radical (unpaired) electrons. The fourth-order valence-electron chi connectivity index (χ4n) is 0.512. The molecule has 0 N–H and O–H groups in total. The van der Waals surface area contributed by atoms with Gasteiger partial charge in [-0.05, 0) is 22.6 Å². The van der Waals surface area contributed by atoms with E-state index >= 15 is 0 Å². The Balaban J connectivity index is 3.40. The Morgan fingerprint density at radius 3 is 2.91 bits per heavy atom. The molecule has 1 aromatic rings. The smallest absolute Gasteiger partial charge is 0.306 e. The van der Waals surface area contributed by atoms with Crippen LogP contribution < -0.4 is 0 Å². The summed E-state index contributed by atoms with van der Waals surface area (Å²) in [6, 6.07) is 0. The number of nitrogens with zero attached hydrogens (tertiary/aromatic N) is 2. The number of hydrogen-bond donors (Lipinski definition) is 0. The maximum Gasteiger partial charge on any atom is 0.306 e. The van der Waals surface area contributed by atoms with Crippen LogP contribution in [0.2, 0.25) is 5.02 Å². The highest BCUT2D eigenvalue weighted by Crippen LogP contribution is 2.25. The zero-order chi connectivity index (χ0) is 8.43. The fraction of sp³-hybridized carbons (Fsp3) is 0. The molecule has 0 saturated carbocycles. The van der Waals surface area contributed by atoms with Crippen molar-refractivity contribution in [3.05, 3.63) is 32.0 Å². The van der Waals surface area contributed by atoms with Gasteiger partial charge in [-0.25, -0.2) is 4.39 Å². The zero-order valence-corrected chi connectivity index (χ0v) is 8.02. The lowest BCUT2D eigenvalue weighted by molar-refractivity contribution is 0.621. The Labute approximate surface area is 81.3 Å². The molecule has 5 heteroatoms. The van der Waals surface area contributed by atoms with E-state index in [1.807, 2.05) is 0 Å². The number of halogens is 3. The second-order valence-corrected chi connectivity index (χ2v) is 3.16. The van der Waals surface area contributed by atoms with Crippen LogP contribution in [0.1, 0.15) is 0 Å². The van der Waals surface area contributed by atoms with Crippen molar-refractivity contribution in [3.63, 3.8) is 0 Å². The predicted molar refractivity (Wildman–Crippen MR) is 48.2 cm³/mol. The quantitative estimate of drug-likeness (QED) is 0.528. The summed E-state index contributed by atoms with van der Waals surface area (Å²) in [4.78, 5) is 6.36. The fourth-order valence-corrected chi connectivity index (χ4v) is 1.02. The highest BCUT2D eigenvalue weighted by atomic mass is 127. The molecule has 2 nitrogen and oxygen atoms in total. The molecule has 56 valence electrons. The highest BCUT2D eigenvalue weighted by Gasteiger charge is 2.11. The van der Waals surface area contributed by atoms with Crippen LogP contribution in [-0.2, 0) is 0 Å². The number of aromatic nitrogens is 1. The first-order chi connectivity index (χ1) is 5.16. The second-order valence-electron chi connectivity index (χ2n) is 1.67. The molecule has 0 atom stereocenters. The number of rotatable bonds is 0. The third kappa shape index (κ3) is 1.60. The first-order valence-electron chi connectivity index (χ1n) is 2.53. The van der Waals surface area contributed by atoms with Gasteiger partial charge in [-0.15, -0.1) is 4.98 Å². The molecule has 0 spiro atoms. The van der Waals surface area contributed by atoms with Crippen molar-refractivity contribution < 1.29 is 4.39 Å². The van der Waals surface area contributed by atoms with Crippen molar-refractivity contribution >= 4 is 40.0 Å². The minimum atomic E-state index is -0.645. The van der Waals surface area contributed by atoms with E-state index in [1.54, 1.807) is 22.6 Å². The van der Waals surface area contributed by atoms with Crippen molar-refractivity contribution in [2.45, 2.75) is 0 Å². The first-order valence-corrected chi connectivity index (χ1v) is 3.99. The molecule has 1 heterocycles. The van der Waals surface area contributed by atoms with Gasteiger partial charge in [0, 0.05) is 0 Å². The largest absolute Gasteiger partial charge is 0.358 e. The number of pyridine rings is 1. The summed E-state index contributed by atoms with van der Waals surface area (Å²) in [6.45, 7) is 6.53. The molecule has 0 aromatic carbocycles. The van der Waals surface area contributed by atoms with Crippen LogP contribution in [0, 0.1) is 16.0 Å². The third-order valence-electron chi connectivity index (χ3n) is 1.00. The number of hydrogen-bond acceptors (Lipinski definition) is 1. The predicted octanol–water partition coefficient (Wildman–Crippen LogP) is 3.03. The molecule has 0 bridgehead atoms. The third-order valence-corrected chi connectivity index (χ3v) is 2.66. The molecular formula is C6HClFIN2. The van der Waals surface area contributed by atoms with Crippen LogP contribution in [0.15, 0.2) is 6.20 Å². The van der Waals surface area contributed by atoms with Crippen LogP contribution >= 0.6 is 34.2 Å². The topological polar surface area (TPSA) is 17.2 Å². The van der Waals surface area contributed by atoms with Crippen LogP contribution in [0.3, 0.4) is 0 Å². The summed E-state index contributed by atoms with van der Waals surface area (Å²) in [6.07, 6.45) is 1.26. The standard InChI is InChI=1S/C6HClFIN2/c1-10-6-4(8)5(9)3(7)2-11-6/h2H. The van der Waals surface area contributed by atoms with E-state index in [0.29, 0.717) is 0 Å². The van der Waals surface area contributed by atoms with Crippen molar-refractivity contribution in [2.24, 2.45) is 0 Å². The summed E-state index contributed by atoms with van der Waals surface area (Å²) < 4.78 is 13.1. The minimum Gasteiger partial charge on any atom is -0.358 e. The molecule has 0 amide bonds. The van der Waals surface area contributed by atoms with Gasteiger partial charge in [0.05, 0.1) is 8.59 Å². The highest BCUT2D eigenvalue weighted by molar-refractivity contribution is 14.1. The van der Waals surface area contributed by atoms with E-state index in [9.17, 15) is 4.39 Å². The van der Waals surface area contributed by atoms with Crippen molar-refractivity contribution in [3.8, 4) is 0 Å². The zero-order valence-electron chi connectivity index (χ0n) is 5.11. The Hall–Kier alpha value is -0.410. The average Bonchev–Trinajstić information content (AvgIpc) is 2.01. The lowest BCUT2D eigenvalue weighted by atomic mass is 10.4. The van der Waals surface area contributed by atoms with E-state index in [0.717, 1.165) is 0 Å². The Morgan fingerprint density at radius 1 is 1.73 bits per heavy atom. The van der Waals surface area contributed by atoms with Crippen molar-refractivity contribution in [2.75, 3.05) is 0 Å². The monoisotopic (exact) mass is 282 g/mol. The van der Waals surface area contributed by atoms with Crippen molar-refractivity contribution in [1.82, 2.24) is 4.98 Å². The second kappa shape index (κ2) is 3.32. The molecule has 0 saturated heterocycles. The van der Waals surface area contributed by atoms with E-state index in [-0.39, 0.29) is 14.4 Å². The molecule has 0 aliphatic rings. The molecule has 0 fully saturated rings. The van der Waals surface area contributed by atoms with E-state index in [1.165, 1.54) is 6.20 Å². The summed E-state index contributed by atoms with van der Waals surface area (Å²) >= 11 is 7.26. The van der Waals surface area contributed by atoms with Gasteiger partial charge in [0.15, 0.2) is 5.82 Å². The van der Waals surface area contributed by atoms with E-state index < -0.39 is 5.82 Å². The van der Waals surface area contributed by atoms with Gasteiger partial charge < -0.3 is 4.85 Å². The first kappa shape index (κ1) is 8.68. The van der Waals surface area contributed by atoms with Gasteiger partial charge in [-0.3, -0.25) is 0 Å². The van der Waals surface area contributed by atoms with Crippen LogP contribution in [0.5, 0.6) is 0 Å². The van der Waals surface area contributed by atoms with Crippen molar-refractivity contribution in [1.29, 1.82) is 0 Å². The molecule has 11 heavy (non-hydrogen) atoms. The summed E-state index contributed by atoms with van der Waals surface area (Å²) in [5.41, 5.74) is 0. The molecule has 1 aromatic heterocycles. The molecule has 0 aliphatic heterocycles. The lowest BCUT2D eigenvalue weighted by Gasteiger charge is -1.95. The average molecular weight is 282 g/mol. The van der Waals surface area contributed by atoms with Gasteiger partial charge in [0.2, 0.25) is 0 Å². The molecule has 0 unspecified atom stereocenters. The summed E-state index contributed by atoms with van der Waals surface area (Å²) in [5, 5.41) is 0.232. The maximum absolute atomic E-state index is 12.9. The van der Waals surface area contributed by atoms with E-state index in [2.05, 4.69) is 9.83 Å². The van der Waals surface area contributed by atoms with Crippen LogP contribution in [0.4, 0.5) is 10.2 Å². The van der Waals surface area contributed by atoms with Crippen LogP contribution in [-0.4, -0.2) is 4.98 Å². The van der Waals surface area contributed by atoms with Gasteiger partial charge in [-0.1, -0.05) is 18.2 Å². The van der Waals surface area contributed by atoms with Gasteiger partial charge in [0.25, 0.3) is 0 Å². The normalized spacial score (nSPS) is 9.27. The van der Waals surface area contributed by atoms with Crippen LogP contribution in [0.25, 0.3) is 4.85 Å². The summed E-state index contributed by atoms with van der Waals surface area (Å²) in [5.74, 6) is -0.882. The maximum atomic E-state index is 12.9. The van der Waals surface area contributed by atoms with Gasteiger partial charge >= 0.3 is 5.82 Å². The van der Waals surface area contributed by atoms with Gasteiger partial charge in [-0.2, -0.15) is 0 Å². The minimum absolute atomic E-state index is 0.232. The summed E-state index contributed by atoms with van der Waals surface area (Å²) in [7, 11) is 0. The Morgan fingerprint density at radius 2 is 2.36 bits per heavy atom. The molecule has 0 aliphatic carbocycles. The Kier molecular flexibility index (Phi) is 2.62. The molecule has 1 rings (SSSR count). The van der Waals surface area contributed by atoms with E-state index in [4.69, 9.17) is 18.2 Å². The van der Waals surface area contributed by atoms with Gasteiger partial charge in [0.1, 0.15) is 6.20 Å². The Bertz CT molecular complexity index is 334. The lowest BCUT2D eigenvalue weighted by Crippen LogP contribution is -1.86. The SMILES string of the molecule is [C-]#[N+]c1ncc(Cl)c(I)c1F.